The summed E-state index contributed by atoms with van der Waals surface area (Å²) in [5.74, 6) is 0.342. The number of benzene rings is 1. The number of carbonyl (C=O) groups is 2. The number of anilines is 1. The molecule has 1 aromatic carbocycles. The van der Waals surface area contributed by atoms with E-state index in [-0.39, 0.29) is 30.8 Å². The number of ether oxygens (including phenoxy) is 1. The van der Waals surface area contributed by atoms with Crippen molar-refractivity contribution < 1.29 is 14.3 Å². The number of rotatable bonds is 10. The standard InChI is InChI=1S/C27H27N7O3/c35-25(11-9-21-8-4-5-14-28-21)24-18-34(32-30-24)23-13-15-33(17-23)26-12-10-22(29-31-26)16-27(36)37-19-20-6-2-1-3-7-20/h1-8,10,12,14,18,23H,9,11,13,15-17,19H2. The molecule has 10 heteroatoms. The van der Waals surface area contributed by atoms with E-state index < -0.39 is 0 Å². The van der Waals surface area contributed by atoms with Crippen LogP contribution in [-0.4, -0.2) is 55.0 Å². The molecule has 0 amide bonds. The zero-order chi connectivity index (χ0) is 25.5. The first-order valence-electron chi connectivity index (χ1n) is 12.3. The second kappa shape index (κ2) is 11.5. The summed E-state index contributed by atoms with van der Waals surface area (Å²) in [4.78, 5) is 31.1. The molecule has 0 saturated carbocycles. The Labute approximate surface area is 214 Å². The van der Waals surface area contributed by atoms with Crippen molar-refractivity contribution in [2.75, 3.05) is 18.0 Å². The van der Waals surface area contributed by atoms with E-state index in [1.165, 1.54) is 0 Å². The Hall–Kier alpha value is -4.47. The number of ketones is 1. The molecule has 1 fully saturated rings. The van der Waals surface area contributed by atoms with Gasteiger partial charge in [-0.25, -0.2) is 4.68 Å². The van der Waals surface area contributed by atoms with Gasteiger partial charge in [0.2, 0.25) is 0 Å². The third kappa shape index (κ3) is 6.40. The fourth-order valence-electron chi connectivity index (χ4n) is 4.22. The first-order valence-corrected chi connectivity index (χ1v) is 12.3. The number of aryl methyl sites for hydroxylation is 1. The van der Waals surface area contributed by atoms with Gasteiger partial charge in [0.25, 0.3) is 0 Å². The van der Waals surface area contributed by atoms with Gasteiger partial charge in [-0.05, 0) is 42.7 Å². The molecule has 4 aromatic rings. The maximum atomic E-state index is 12.5. The van der Waals surface area contributed by atoms with Crippen LogP contribution < -0.4 is 4.90 Å². The monoisotopic (exact) mass is 497 g/mol. The van der Waals surface area contributed by atoms with Crippen molar-refractivity contribution in [1.29, 1.82) is 0 Å². The zero-order valence-electron chi connectivity index (χ0n) is 20.3. The predicted octanol–water partition coefficient (Wildman–Crippen LogP) is 3.02. The maximum Gasteiger partial charge on any atom is 0.312 e. The number of pyridine rings is 1. The molecule has 188 valence electrons. The Kier molecular flexibility index (Phi) is 7.54. The van der Waals surface area contributed by atoms with Crippen LogP contribution in [0.5, 0.6) is 0 Å². The van der Waals surface area contributed by atoms with E-state index in [4.69, 9.17) is 4.74 Å². The van der Waals surface area contributed by atoms with Crippen LogP contribution in [0.25, 0.3) is 0 Å². The third-order valence-corrected chi connectivity index (χ3v) is 6.27. The second-order valence-electron chi connectivity index (χ2n) is 8.92. The lowest BCUT2D eigenvalue weighted by Crippen LogP contribution is -2.22. The molecule has 4 heterocycles. The van der Waals surface area contributed by atoms with E-state index in [0.717, 1.165) is 30.0 Å². The summed E-state index contributed by atoms with van der Waals surface area (Å²) in [6.07, 6.45) is 5.28. The number of esters is 1. The lowest BCUT2D eigenvalue weighted by atomic mass is 10.1. The number of nitrogens with zero attached hydrogens (tertiary/aromatic N) is 7. The van der Waals surface area contributed by atoms with Crippen LogP contribution >= 0.6 is 0 Å². The smallest absolute Gasteiger partial charge is 0.312 e. The topological polar surface area (TPSA) is 116 Å². The van der Waals surface area contributed by atoms with Crippen molar-refractivity contribution in [2.45, 2.75) is 38.3 Å². The summed E-state index contributed by atoms with van der Waals surface area (Å²) in [6, 6.07) is 19.0. The van der Waals surface area contributed by atoms with Crippen molar-refractivity contribution >= 4 is 17.6 Å². The van der Waals surface area contributed by atoms with Crippen LogP contribution in [0, 0.1) is 0 Å². The minimum atomic E-state index is -0.344. The molecule has 3 aromatic heterocycles. The van der Waals surface area contributed by atoms with Crippen molar-refractivity contribution in [1.82, 2.24) is 30.2 Å². The lowest BCUT2D eigenvalue weighted by Gasteiger charge is -2.16. The van der Waals surface area contributed by atoms with Gasteiger partial charge >= 0.3 is 5.97 Å². The molecule has 0 aliphatic carbocycles. The van der Waals surface area contributed by atoms with Gasteiger partial charge in [-0.2, -0.15) is 5.10 Å². The van der Waals surface area contributed by atoms with Gasteiger partial charge in [-0.15, -0.1) is 10.2 Å². The van der Waals surface area contributed by atoms with Gasteiger partial charge in [-0.1, -0.05) is 41.6 Å². The highest BCUT2D eigenvalue weighted by Crippen LogP contribution is 2.25. The van der Waals surface area contributed by atoms with Crippen LogP contribution in [0.15, 0.2) is 73.1 Å². The van der Waals surface area contributed by atoms with Gasteiger partial charge in [0.05, 0.1) is 24.4 Å². The fraction of sp³-hybridized carbons (Fsp3) is 0.296. The van der Waals surface area contributed by atoms with E-state index in [2.05, 4.69) is 30.4 Å². The molecule has 1 aliphatic rings. The summed E-state index contributed by atoms with van der Waals surface area (Å²) in [7, 11) is 0. The highest BCUT2D eigenvalue weighted by Gasteiger charge is 2.27. The third-order valence-electron chi connectivity index (χ3n) is 6.27. The van der Waals surface area contributed by atoms with Gasteiger partial charge in [-0.3, -0.25) is 14.6 Å². The van der Waals surface area contributed by atoms with Crippen LogP contribution in [-0.2, 0) is 29.0 Å². The molecule has 0 bridgehead atoms. The molecular weight excluding hydrogens is 470 g/mol. The maximum absolute atomic E-state index is 12.5. The minimum absolute atomic E-state index is 0.0458. The van der Waals surface area contributed by atoms with E-state index in [1.807, 2.05) is 54.6 Å². The first kappa shape index (κ1) is 24.2. The van der Waals surface area contributed by atoms with Crippen LogP contribution in [0.3, 0.4) is 0 Å². The largest absolute Gasteiger partial charge is 0.461 e. The highest BCUT2D eigenvalue weighted by atomic mass is 16.5. The van der Waals surface area contributed by atoms with E-state index >= 15 is 0 Å². The molecule has 0 spiro atoms. The van der Waals surface area contributed by atoms with Crippen LogP contribution in [0.2, 0.25) is 0 Å². The molecule has 1 atom stereocenters. The quantitative estimate of drug-likeness (QED) is 0.241. The Morgan fingerprint density at radius 3 is 2.59 bits per heavy atom. The SMILES string of the molecule is O=C(Cc1ccc(N2CCC(n3cc(C(=O)CCc4ccccn4)nn3)C2)nn1)OCc1ccccc1. The first-order chi connectivity index (χ1) is 18.1. The number of hydrogen-bond acceptors (Lipinski definition) is 9. The molecule has 0 radical (unpaired) electrons. The molecule has 10 nitrogen and oxygen atoms in total. The molecule has 1 aliphatic heterocycles. The minimum Gasteiger partial charge on any atom is -0.461 e. The fourth-order valence-corrected chi connectivity index (χ4v) is 4.22. The summed E-state index contributed by atoms with van der Waals surface area (Å²) < 4.78 is 7.08. The molecular formula is C27H27N7O3. The van der Waals surface area contributed by atoms with Crippen LogP contribution in [0.1, 0.15) is 46.3 Å². The van der Waals surface area contributed by atoms with Gasteiger partial charge < -0.3 is 9.64 Å². The zero-order valence-corrected chi connectivity index (χ0v) is 20.3. The molecule has 37 heavy (non-hydrogen) atoms. The lowest BCUT2D eigenvalue weighted by molar-refractivity contribution is -0.144. The van der Waals surface area contributed by atoms with Gasteiger partial charge in [0.15, 0.2) is 11.6 Å². The van der Waals surface area contributed by atoms with Crippen molar-refractivity contribution in [3.63, 3.8) is 0 Å². The Balaban J connectivity index is 1.10. The average Bonchev–Trinajstić information content (AvgIpc) is 3.63. The molecule has 1 saturated heterocycles. The molecule has 5 rings (SSSR count). The number of hydrogen-bond donors (Lipinski definition) is 0. The summed E-state index contributed by atoms with van der Waals surface area (Å²) >= 11 is 0. The number of aromatic nitrogens is 6. The summed E-state index contributed by atoms with van der Waals surface area (Å²) in [5.41, 5.74) is 2.75. The highest BCUT2D eigenvalue weighted by molar-refractivity contribution is 5.93. The van der Waals surface area contributed by atoms with Gasteiger partial charge in [0.1, 0.15) is 12.3 Å². The number of carbonyl (C=O) groups excluding carboxylic acids is 2. The predicted molar refractivity (Wildman–Crippen MR) is 135 cm³/mol. The van der Waals surface area contributed by atoms with E-state index in [0.29, 0.717) is 30.8 Å². The van der Waals surface area contributed by atoms with E-state index in [9.17, 15) is 9.59 Å². The summed E-state index contributed by atoms with van der Waals surface area (Å²) in [5, 5.41) is 16.8. The van der Waals surface area contributed by atoms with Crippen molar-refractivity contribution in [3.8, 4) is 0 Å². The van der Waals surface area contributed by atoms with Crippen LogP contribution in [0.4, 0.5) is 5.82 Å². The normalized spacial score (nSPS) is 15.0. The Morgan fingerprint density at radius 2 is 1.81 bits per heavy atom. The van der Waals surface area contributed by atoms with E-state index in [1.54, 1.807) is 23.1 Å². The summed E-state index contributed by atoms with van der Waals surface area (Å²) in [6.45, 7) is 1.69. The Morgan fingerprint density at radius 1 is 0.946 bits per heavy atom. The average molecular weight is 498 g/mol. The second-order valence-corrected chi connectivity index (χ2v) is 8.92. The van der Waals surface area contributed by atoms with Crippen molar-refractivity contribution in [3.05, 3.63) is 95.7 Å². The Bertz CT molecular complexity index is 1330. The van der Waals surface area contributed by atoms with Crippen molar-refractivity contribution in [2.24, 2.45) is 0 Å². The molecule has 0 N–H and O–H groups in total. The van der Waals surface area contributed by atoms with Gasteiger partial charge in [0, 0.05) is 31.4 Å². The molecule has 1 unspecified atom stereocenters. The number of Topliss-reactive ketones (excluding diaryl/α,β-unsaturated/α-hetero) is 1.